The van der Waals surface area contributed by atoms with Crippen LogP contribution in [0, 0.1) is 0 Å². The molecule has 0 amide bonds. The second-order valence-corrected chi connectivity index (χ2v) is 9.72. The molecule has 1 atom stereocenters. The van der Waals surface area contributed by atoms with Crippen LogP contribution in [-0.4, -0.2) is 61.8 Å². The predicted molar refractivity (Wildman–Crippen MR) is 138 cm³/mol. The summed E-state index contributed by atoms with van der Waals surface area (Å²) in [7, 11) is 1.26. The minimum atomic E-state index is -0.985. The van der Waals surface area contributed by atoms with Crippen molar-refractivity contribution in [3.63, 3.8) is 0 Å². The normalized spacial score (nSPS) is 12.2. The standard InChI is InChI=1S/C27H41NO10/c1-9-22(29)34-15-14-28-19(23(30)33-8)16-18-12-13-20(35-24(31)37-26(4,5)10-2)21(17-18)36-25(32)38-27(6,7)11-3/h12-13,17,19,28H,9-11,14-16H2,1-8H3/t19-/m0/s1. The number of nitrogens with one attached hydrogen (secondary N) is 1. The molecule has 1 rings (SSSR count). The molecule has 1 N–H and O–H groups in total. The van der Waals surface area contributed by atoms with Crippen LogP contribution in [0.5, 0.6) is 11.5 Å². The van der Waals surface area contributed by atoms with Gasteiger partial charge in [0.15, 0.2) is 11.5 Å². The van der Waals surface area contributed by atoms with Gasteiger partial charge >= 0.3 is 24.2 Å². The van der Waals surface area contributed by atoms with E-state index in [-0.39, 0.29) is 43.5 Å². The average molecular weight is 540 g/mol. The molecule has 0 radical (unpaired) electrons. The third kappa shape index (κ3) is 11.8. The molecular formula is C27H41NO10. The van der Waals surface area contributed by atoms with E-state index in [0.29, 0.717) is 18.4 Å². The highest BCUT2D eigenvalue weighted by Crippen LogP contribution is 2.31. The molecule has 0 aromatic heterocycles. The lowest BCUT2D eigenvalue weighted by atomic mass is 10.1. The first-order valence-electron chi connectivity index (χ1n) is 12.7. The third-order valence-electron chi connectivity index (χ3n) is 5.79. The summed E-state index contributed by atoms with van der Waals surface area (Å²) in [6.45, 7) is 12.6. The van der Waals surface area contributed by atoms with E-state index in [1.165, 1.54) is 19.2 Å². The second-order valence-electron chi connectivity index (χ2n) is 9.72. The van der Waals surface area contributed by atoms with Gasteiger partial charge in [0.1, 0.15) is 23.9 Å². The van der Waals surface area contributed by atoms with Crippen molar-refractivity contribution in [1.29, 1.82) is 0 Å². The Balaban J connectivity index is 3.15. The van der Waals surface area contributed by atoms with Crippen LogP contribution < -0.4 is 14.8 Å². The van der Waals surface area contributed by atoms with E-state index < -0.39 is 35.5 Å². The number of rotatable bonds is 14. The molecule has 0 unspecified atom stereocenters. The van der Waals surface area contributed by atoms with Crippen molar-refractivity contribution < 1.29 is 47.6 Å². The van der Waals surface area contributed by atoms with Crippen LogP contribution in [-0.2, 0) is 35.0 Å². The molecule has 1 aromatic rings. The lowest BCUT2D eigenvalue weighted by Crippen LogP contribution is -2.41. The summed E-state index contributed by atoms with van der Waals surface area (Å²) in [5.74, 6) is -1.04. The van der Waals surface area contributed by atoms with Crippen LogP contribution in [0.25, 0.3) is 0 Å². The van der Waals surface area contributed by atoms with Crippen LogP contribution in [0.4, 0.5) is 9.59 Å². The largest absolute Gasteiger partial charge is 0.514 e. The summed E-state index contributed by atoms with van der Waals surface area (Å²) >= 11 is 0. The number of carbonyl (C=O) groups is 4. The Morgan fingerprint density at radius 3 is 1.92 bits per heavy atom. The van der Waals surface area contributed by atoms with Gasteiger partial charge in [0.25, 0.3) is 0 Å². The summed E-state index contributed by atoms with van der Waals surface area (Å²) < 4.78 is 31.3. The maximum absolute atomic E-state index is 12.5. The Hall–Kier alpha value is -3.34. The Bertz CT molecular complexity index is 957. The van der Waals surface area contributed by atoms with Crippen molar-refractivity contribution in [3.05, 3.63) is 23.8 Å². The first-order chi connectivity index (χ1) is 17.8. The molecule has 0 saturated heterocycles. The van der Waals surface area contributed by atoms with E-state index in [4.69, 9.17) is 28.4 Å². The number of benzene rings is 1. The quantitative estimate of drug-likeness (QED) is 0.152. The third-order valence-corrected chi connectivity index (χ3v) is 5.79. The monoisotopic (exact) mass is 539 g/mol. The van der Waals surface area contributed by atoms with E-state index >= 15 is 0 Å². The molecule has 0 aliphatic heterocycles. The second kappa shape index (κ2) is 15.2. The molecule has 11 nitrogen and oxygen atoms in total. The first-order valence-corrected chi connectivity index (χ1v) is 12.7. The van der Waals surface area contributed by atoms with Crippen molar-refractivity contribution in [2.45, 2.75) is 91.4 Å². The van der Waals surface area contributed by atoms with Crippen LogP contribution in [0.1, 0.15) is 73.3 Å². The summed E-state index contributed by atoms with van der Waals surface area (Å²) in [4.78, 5) is 48.6. The molecular weight excluding hydrogens is 498 g/mol. The smallest absolute Gasteiger partial charge is 0.468 e. The molecule has 11 heteroatoms. The maximum Gasteiger partial charge on any atom is 0.514 e. The highest BCUT2D eigenvalue weighted by atomic mass is 16.8. The molecule has 1 aromatic carbocycles. The van der Waals surface area contributed by atoms with Gasteiger partial charge in [-0.1, -0.05) is 26.8 Å². The van der Waals surface area contributed by atoms with E-state index in [1.54, 1.807) is 40.7 Å². The zero-order valence-electron chi connectivity index (χ0n) is 23.6. The van der Waals surface area contributed by atoms with Gasteiger partial charge in [-0.15, -0.1) is 0 Å². The molecule has 0 bridgehead atoms. The maximum atomic E-state index is 12.5. The first kappa shape index (κ1) is 32.7. The number of hydrogen-bond donors (Lipinski definition) is 1. The fourth-order valence-corrected chi connectivity index (χ4v) is 2.78. The zero-order valence-corrected chi connectivity index (χ0v) is 23.6. The number of carbonyl (C=O) groups excluding carboxylic acids is 4. The van der Waals surface area contributed by atoms with E-state index in [0.717, 1.165) is 0 Å². The van der Waals surface area contributed by atoms with Gasteiger partial charge in [-0.2, -0.15) is 0 Å². The van der Waals surface area contributed by atoms with Crippen molar-refractivity contribution in [1.82, 2.24) is 5.32 Å². The Kier molecular flexibility index (Phi) is 13.0. The average Bonchev–Trinajstić information content (AvgIpc) is 2.85. The van der Waals surface area contributed by atoms with Gasteiger partial charge in [0, 0.05) is 13.0 Å². The fraction of sp³-hybridized carbons (Fsp3) is 0.630. The van der Waals surface area contributed by atoms with Crippen molar-refractivity contribution >= 4 is 24.2 Å². The highest BCUT2D eigenvalue weighted by Gasteiger charge is 2.27. The van der Waals surface area contributed by atoms with Crippen LogP contribution in [0.3, 0.4) is 0 Å². The Labute approximate surface area is 224 Å². The van der Waals surface area contributed by atoms with Crippen LogP contribution in [0.2, 0.25) is 0 Å². The predicted octanol–water partition coefficient (Wildman–Crippen LogP) is 4.72. The molecule has 38 heavy (non-hydrogen) atoms. The van der Waals surface area contributed by atoms with E-state index in [1.807, 2.05) is 13.8 Å². The minimum Gasteiger partial charge on any atom is -0.468 e. The fourth-order valence-electron chi connectivity index (χ4n) is 2.78. The summed E-state index contributed by atoms with van der Waals surface area (Å²) in [6, 6.07) is 3.71. The van der Waals surface area contributed by atoms with Crippen LogP contribution in [0.15, 0.2) is 18.2 Å². The van der Waals surface area contributed by atoms with Gasteiger partial charge in [0.05, 0.1) is 7.11 Å². The highest BCUT2D eigenvalue weighted by molar-refractivity contribution is 5.76. The lowest BCUT2D eigenvalue weighted by Gasteiger charge is -2.24. The molecule has 0 aliphatic carbocycles. The summed E-state index contributed by atoms with van der Waals surface area (Å²) in [6.07, 6.45) is -0.465. The van der Waals surface area contributed by atoms with Gasteiger partial charge in [-0.3, -0.25) is 9.59 Å². The Morgan fingerprint density at radius 2 is 1.42 bits per heavy atom. The number of hydrogen-bond acceptors (Lipinski definition) is 11. The molecule has 214 valence electrons. The van der Waals surface area contributed by atoms with E-state index in [2.05, 4.69) is 5.32 Å². The van der Waals surface area contributed by atoms with Crippen molar-refractivity contribution in [3.8, 4) is 11.5 Å². The van der Waals surface area contributed by atoms with Gasteiger partial charge in [-0.05, 0) is 64.7 Å². The lowest BCUT2D eigenvalue weighted by molar-refractivity contribution is -0.143. The molecule has 0 saturated carbocycles. The zero-order chi connectivity index (χ0) is 28.9. The Morgan fingerprint density at radius 1 is 0.868 bits per heavy atom. The minimum absolute atomic E-state index is 0.0639. The number of esters is 2. The molecule has 0 heterocycles. The number of ether oxygens (including phenoxy) is 6. The van der Waals surface area contributed by atoms with Crippen LogP contribution >= 0.6 is 0 Å². The SMILES string of the molecule is CCC(=O)OCCN[C@@H](Cc1ccc(OC(=O)OC(C)(C)CC)c(OC(=O)OC(C)(C)CC)c1)C(=O)OC. The van der Waals surface area contributed by atoms with E-state index in [9.17, 15) is 19.2 Å². The number of methoxy groups -OCH3 is 1. The summed E-state index contributed by atoms with van der Waals surface area (Å²) in [5, 5.41) is 2.99. The van der Waals surface area contributed by atoms with Gasteiger partial charge < -0.3 is 33.7 Å². The van der Waals surface area contributed by atoms with Gasteiger partial charge in [0.2, 0.25) is 0 Å². The molecule has 0 fully saturated rings. The van der Waals surface area contributed by atoms with Crippen molar-refractivity contribution in [2.24, 2.45) is 0 Å². The van der Waals surface area contributed by atoms with Gasteiger partial charge in [-0.25, -0.2) is 9.59 Å². The summed E-state index contributed by atoms with van der Waals surface area (Å²) in [5.41, 5.74) is -0.973. The topological polar surface area (TPSA) is 136 Å². The molecule has 0 aliphatic rings. The molecule has 0 spiro atoms. The van der Waals surface area contributed by atoms with Crippen molar-refractivity contribution in [2.75, 3.05) is 20.3 Å².